The highest BCUT2D eigenvalue weighted by atomic mass is 35.5. The molecule has 106 valence electrons. The van der Waals surface area contributed by atoms with Crippen molar-refractivity contribution < 1.29 is 9.53 Å². The van der Waals surface area contributed by atoms with Crippen molar-refractivity contribution in [1.29, 1.82) is 5.26 Å². The van der Waals surface area contributed by atoms with E-state index in [-0.39, 0.29) is 12.4 Å². The molecule has 0 saturated heterocycles. The molecule has 0 spiro atoms. The van der Waals surface area contributed by atoms with Crippen molar-refractivity contribution in [3.05, 3.63) is 34.3 Å². The maximum Gasteiger partial charge on any atom is 0.307 e. The van der Waals surface area contributed by atoms with Crippen molar-refractivity contribution in [2.75, 3.05) is 6.61 Å². The van der Waals surface area contributed by atoms with Gasteiger partial charge in [-0.1, -0.05) is 17.7 Å². The van der Waals surface area contributed by atoms with Crippen LogP contribution in [0.2, 0.25) is 5.02 Å². The van der Waals surface area contributed by atoms with Gasteiger partial charge in [0, 0.05) is 11.1 Å². The first-order chi connectivity index (χ1) is 9.50. The molecule has 1 aromatic carbocycles. The lowest BCUT2D eigenvalue weighted by Crippen LogP contribution is -2.18. The SMILES string of the molecule is CCOC(=O)C[C@H](N)c1cc(Cl)cc(C2(C#N)CC2)c1. The summed E-state index contributed by atoms with van der Waals surface area (Å²) in [7, 11) is 0. The summed E-state index contributed by atoms with van der Waals surface area (Å²) in [6, 6.07) is 7.28. The summed E-state index contributed by atoms with van der Waals surface area (Å²) in [5, 5.41) is 9.79. The van der Waals surface area contributed by atoms with Crippen molar-refractivity contribution in [3.8, 4) is 6.07 Å². The number of nitrogens with two attached hydrogens (primary N) is 1. The average Bonchev–Trinajstić information content (AvgIpc) is 3.19. The molecule has 1 aliphatic carbocycles. The van der Waals surface area contributed by atoms with E-state index in [4.69, 9.17) is 22.1 Å². The van der Waals surface area contributed by atoms with Crippen LogP contribution in [0.4, 0.5) is 0 Å². The quantitative estimate of drug-likeness (QED) is 0.847. The Hall–Kier alpha value is -1.57. The first-order valence-corrected chi connectivity index (χ1v) is 7.02. The minimum Gasteiger partial charge on any atom is -0.466 e. The van der Waals surface area contributed by atoms with Gasteiger partial charge in [-0.05, 0) is 43.0 Å². The fourth-order valence-electron chi connectivity index (χ4n) is 2.21. The summed E-state index contributed by atoms with van der Waals surface area (Å²) < 4.78 is 4.89. The Balaban J connectivity index is 2.20. The molecule has 1 fully saturated rings. The van der Waals surface area contributed by atoms with Crippen molar-refractivity contribution in [1.82, 2.24) is 0 Å². The zero-order valence-electron chi connectivity index (χ0n) is 11.4. The van der Waals surface area contributed by atoms with Crippen LogP contribution in [-0.4, -0.2) is 12.6 Å². The van der Waals surface area contributed by atoms with E-state index in [1.165, 1.54) is 0 Å². The Kier molecular flexibility index (Phi) is 4.32. The van der Waals surface area contributed by atoms with E-state index in [1.54, 1.807) is 19.1 Å². The van der Waals surface area contributed by atoms with Gasteiger partial charge in [0.2, 0.25) is 0 Å². The molecule has 0 unspecified atom stereocenters. The molecule has 4 nitrogen and oxygen atoms in total. The van der Waals surface area contributed by atoms with Gasteiger partial charge in [-0.2, -0.15) is 5.26 Å². The van der Waals surface area contributed by atoms with Crippen molar-refractivity contribution in [2.24, 2.45) is 5.73 Å². The van der Waals surface area contributed by atoms with Crippen LogP contribution in [0.3, 0.4) is 0 Å². The third-order valence-electron chi connectivity index (χ3n) is 3.56. The molecule has 1 aliphatic rings. The molecule has 2 N–H and O–H groups in total. The monoisotopic (exact) mass is 292 g/mol. The van der Waals surface area contributed by atoms with Crippen LogP contribution < -0.4 is 5.73 Å². The first-order valence-electron chi connectivity index (χ1n) is 6.64. The molecule has 1 aromatic rings. The maximum atomic E-state index is 11.5. The summed E-state index contributed by atoms with van der Waals surface area (Å²) in [5.41, 5.74) is 7.27. The second kappa shape index (κ2) is 5.82. The van der Waals surface area contributed by atoms with Gasteiger partial charge in [0.1, 0.15) is 0 Å². The molecule has 0 heterocycles. The number of esters is 1. The maximum absolute atomic E-state index is 11.5. The van der Waals surface area contributed by atoms with Gasteiger partial charge in [0.05, 0.1) is 24.5 Å². The molecule has 1 saturated carbocycles. The molecular formula is C15H17ClN2O2. The number of carbonyl (C=O) groups is 1. The number of nitrogens with zero attached hydrogens (tertiary/aromatic N) is 1. The molecule has 5 heteroatoms. The van der Waals surface area contributed by atoms with Gasteiger partial charge in [-0.25, -0.2) is 0 Å². The molecule has 2 rings (SSSR count). The summed E-state index contributed by atoms with van der Waals surface area (Å²) in [4.78, 5) is 11.5. The number of benzene rings is 1. The number of halogens is 1. The lowest BCUT2D eigenvalue weighted by Gasteiger charge is -2.15. The summed E-state index contributed by atoms with van der Waals surface area (Å²) in [5.74, 6) is -0.331. The van der Waals surface area contributed by atoms with E-state index >= 15 is 0 Å². The highest BCUT2D eigenvalue weighted by Crippen LogP contribution is 2.48. The highest BCUT2D eigenvalue weighted by molar-refractivity contribution is 6.30. The topological polar surface area (TPSA) is 76.1 Å². The molecular weight excluding hydrogens is 276 g/mol. The fraction of sp³-hybridized carbons (Fsp3) is 0.467. The third kappa shape index (κ3) is 3.12. The number of ether oxygens (including phenoxy) is 1. The molecule has 0 radical (unpaired) electrons. The second-order valence-electron chi connectivity index (χ2n) is 5.08. The molecule has 1 atom stereocenters. The Labute approximate surface area is 123 Å². The van der Waals surface area contributed by atoms with Gasteiger partial charge in [0.25, 0.3) is 0 Å². The predicted molar refractivity (Wildman–Crippen MR) is 76.2 cm³/mol. The van der Waals surface area contributed by atoms with Crippen LogP contribution in [0, 0.1) is 11.3 Å². The molecule has 0 bridgehead atoms. The van der Waals surface area contributed by atoms with E-state index in [0.29, 0.717) is 11.6 Å². The van der Waals surface area contributed by atoms with Crippen LogP contribution in [0.1, 0.15) is 43.4 Å². The smallest absolute Gasteiger partial charge is 0.307 e. The Morgan fingerprint density at radius 2 is 2.25 bits per heavy atom. The molecule has 0 amide bonds. The standard InChI is InChI=1S/C15H17ClN2O2/c1-2-20-14(19)8-13(18)10-5-11(7-12(16)6-10)15(9-17)3-4-15/h5-7,13H,2-4,8,18H2,1H3/t13-/m0/s1. The minimum atomic E-state index is -0.471. The van der Waals surface area contributed by atoms with E-state index in [9.17, 15) is 10.1 Å². The zero-order valence-corrected chi connectivity index (χ0v) is 12.1. The number of rotatable bonds is 5. The van der Waals surface area contributed by atoms with Gasteiger partial charge < -0.3 is 10.5 Å². The lowest BCUT2D eigenvalue weighted by molar-refractivity contribution is -0.143. The molecule has 0 aliphatic heterocycles. The average molecular weight is 293 g/mol. The van der Waals surface area contributed by atoms with Crippen LogP contribution in [0.5, 0.6) is 0 Å². The van der Waals surface area contributed by atoms with Gasteiger partial charge in [-0.15, -0.1) is 0 Å². The second-order valence-corrected chi connectivity index (χ2v) is 5.52. The van der Waals surface area contributed by atoms with Crippen LogP contribution in [0.25, 0.3) is 0 Å². The fourth-order valence-corrected chi connectivity index (χ4v) is 2.45. The molecule has 0 aromatic heterocycles. The molecule has 20 heavy (non-hydrogen) atoms. The first kappa shape index (κ1) is 14.8. The Morgan fingerprint density at radius 1 is 1.55 bits per heavy atom. The largest absolute Gasteiger partial charge is 0.466 e. The predicted octanol–water partition coefficient (Wildman–Crippen LogP) is 2.85. The van der Waals surface area contributed by atoms with Gasteiger partial charge in [-0.3, -0.25) is 4.79 Å². The normalized spacial score (nSPS) is 17.1. The summed E-state index contributed by atoms with van der Waals surface area (Å²) >= 11 is 6.10. The van der Waals surface area contributed by atoms with E-state index in [2.05, 4.69) is 6.07 Å². The zero-order chi connectivity index (χ0) is 14.8. The van der Waals surface area contributed by atoms with Crippen molar-refractivity contribution in [2.45, 2.75) is 37.6 Å². The van der Waals surface area contributed by atoms with Crippen molar-refractivity contribution >= 4 is 17.6 Å². The lowest BCUT2D eigenvalue weighted by atomic mass is 9.93. The van der Waals surface area contributed by atoms with E-state index in [0.717, 1.165) is 24.0 Å². The van der Waals surface area contributed by atoms with Crippen LogP contribution >= 0.6 is 11.6 Å². The number of nitriles is 1. The van der Waals surface area contributed by atoms with Gasteiger partial charge in [0.15, 0.2) is 0 Å². The van der Waals surface area contributed by atoms with Gasteiger partial charge >= 0.3 is 5.97 Å². The summed E-state index contributed by atoms with van der Waals surface area (Å²) in [6.07, 6.45) is 1.79. The van der Waals surface area contributed by atoms with Crippen molar-refractivity contribution in [3.63, 3.8) is 0 Å². The third-order valence-corrected chi connectivity index (χ3v) is 3.77. The number of hydrogen-bond donors (Lipinski definition) is 1. The van der Waals surface area contributed by atoms with Crippen LogP contribution in [-0.2, 0) is 14.9 Å². The van der Waals surface area contributed by atoms with E-state index < -0.39 is 11.5 Å². The van der Waals surface area contributed by atoms with E-state index in [1.807, 2.05) is 6.07 Å². The highest BCUT2D eigenvalue weighted by Gasteiger charge is 2.45. The number of carbonyl (C=O) groups excluding carboxylic acids is 1. The minimum absolute atomic E-state index is 0.104. The summed E-state index contributed by atoms with van der Waals surface area (Å²) in [6.45, 7) is 2.09. The van der Waals surface area contributed by atoms with Crippen LogP contribution in [0.15, 0.2) is 18.2 Å². The Morgan fingerprint density at radius 3 is 2.80 bits per heavy atom. The Bertz CT molecular complexity index is 561. The number of hydrogen-bond acceptors (Lipinski definition) is 4.